The minimum absolute atomic E-state index is 0.0791. The molecule has 0 bridgehead atoms. The lowest BCUT2D eigenvalue weighted by Crippen LogP contribution is -1.99. The van der Waals surface area contributed by atoms with Gasteiger partial charge in [0.15, 0.2) is 5.69 Å². The molecule has 2 aromatic heterocycles. The average Bonchev–Trinajstić information content (AvgIpc) is 3.12. The number of azo groups is 1. The van der Waals surface area contributed by atoms with Gasteiger partial charge in [-0.3, -0.25) is 4.79 Å². The average molecular weight is 554 g/mol. The van der Waals surface area contributed by atoms with Gasteiger partial charge in [0, 0.05) is 25.8 Å². The van der Waals surface area contributed by atoms with Crippen LogP contribution in [0.4, 0.5) is 5.69 Å². The van der Waals surface area contributed by atoms with Crippen LogP contribution in [-0.2, 0) is 0 Å². The minimum Gasteiger partial charge on any atom is -0.493 e. The maximum atomic E-state index is 13.2. The van der Waals surface area contributed by atoms with Gasteiger partial charge in [0.25, 0.3) is 5.91 Å². The number of hydrogen-bond donors (Lipinski definition) is 2. The molecule has 5 aromatic rings. The summed E-state index contributed by atoms with van der Waals surface area (Å²) in [6.07, 6.45) is 0. The van der Waals surface area contributed by atoms with Crippen molar-refractivity contribution in [1.29, 1.82) is 0 Å². The van der Waals surface area contributed by atoms with E-state index in [2.05, 4.69) is 31.1 Å². The molecule has 3 aromatic carbocycles. The molecule has 0 fully saturated rings. The summed E-state index contributed by atoms with van der Waals surface area (Å²) in [5.41, 5.74) is 4.02. The Morgan fingerprint density at radius 2 is 1.79 bits per heavy atom. The van der Waals surface area contributed by atoms with Crippen LogP contribution < -0.4 is 0 Å². The van der Waals surface area contributed by atoms with E-state index < -0.39 is 5.91 Å². The molecule has 168 valence electrons. The number of aromatic nitrogens is 2. The van der Waals surface area contributed by atoms with Crippen molar-refractivity contribution in [2.24, 2.45) is 10.2 Å². The van der Waals surface area contributed by atoms with Gasteiger partial charge in [-0.05, 0) is 49.4 Å². The highest BCUT2D eigenvalue weighted by molar-refractivity contribution is 9.10. The molecule has 1 amide bonds. The van der Waals surface area contributed by atoms with Gasteiger partial charge < -0.3 is 10.1 Å². The van der Waals surface area contributed by atoms with Crippen LogP contribution in [0.2, 0.25) is 10.0 Å². The highest BCUT2D eigenvalue weighted by Crippen LogP contribution is 2.40. The molecular formula is C25H15BrCl2N4O2. The molecule has 0 saturated heterocycles. The Morgan fingerprint density at radius 1 is 1.03 bits per heavy atom. The first-order chi connectivity index (χ1) is 16.3. The van der Waals surface area contributed by atoms with Crippen LogP contribution in [0.5, 0.6) is 5.88 Å². The number of nitrogens with one attached hydrogen (secondary N) is 1. The van der Waals surface area contributed by atoms with Crippen molar-refractivity contribution in [1.82, 2.24) is 9.97 Å². The van der Waals surface area contributed by atoms with Gasteiger partial charge in [-0.25, -0.2) is 4.98 Å². The summed E-state index contributed by atoms with van der Waals surface area (Å²) < 4.78 is 0.941. The molecule has 0 aliphatic carbocycles. The molecule has 0 radical (unpaired) electrons. The Bertz CT molecular complexity index is 1630. The van der Waals surface area contributed by atoms with E-state index in [1.165, 1.54) is 0 Å². The lowest BCUT2D eigenvalue weighted by atomic mass is 10.0. The SMILES string of the molecule is Cc1ccc2nc(-c3ccc(Br)cc3)cc(C(=O)N=Nc3c(O)[nH]c4c(Cl)cc(Cl)cc34)c2c1. The summed E-state index contributed by atoms with van der Waals surface area (Å²) in [7, 11) is 0. The fourth-order valence-electron chi connectivity index (χ4n) is 3.73. The summed E-state index contributed by atoms with van der Waals surface area (Å²) >= 11 is 15.7. The van der Waals surface area contributed by atoms with E-state index in [4.69, 9.17) is 28.2 Å². The summed E-state index contributed by atoms with van der Waals surface area (Å²) in [6.45, 7) is 1.94. The number of benzene rings is 3. The monoisotopic (exact) mass is 552 g/mol. The Balaban J connectivity index is 1.62. The number of aromatic amines is 1. The molecule has 0 spiro atoms. The quantitative estimate of drug-likeness (QED) is 0.220. The number of H-pyrrole nitrogens is 1. The maximum absolute atomic E-state index is 13.2. The first-order valence-electron chi connectivity index (χ1n) is 10.1. The molecule has 0 unspecified atom stereocenters. The number of hydrogen-bond acceptors (Lipinski definition) is 4. The number of carbonyl (C=O) groups is 1. The summed E-state index contributed by atoms with van der Waals surface area (Å²) in [5, 5.41) is 20.1. The van der Waals surface area contributed by atoms with Crippen LogP contribution in [0.3, 0.4) is 0 Å². The van der Waals surface area contributed by atoms with Crippen LogP contribution >= 0.6 is 39.1 Å². The van der Waals surface area contributed by atoms with Gasteiger partial charge in [0.2, 0.25) is 5.88 Å². The fraction of sp³-hybridized carbons (Fsp3) is 0.0400. The third-order valence-corrected chi connectivity index (χ3v) is 6.40. The van der Waals surface area contributed by atoms with Crippen molar-refractivity contribution in [3.05, 3.63) is 86.3 Å². The predicted molar refractivity (Wildman–Crippen MR) is 138 cm³/mol. The number of halogens is 3. The zero-order chi connectivity index (χ0) is 24.0. The highest BCUT2D eigenvalue weighted by atomic mass is 79.9. The van der Waals surface area contributed by atoms with Crippen molar-refractivity contribution in [2.75, 3.05) is 0 Å². The van der Waals surface area contributed by atoms with Gasteiger partial charge in [-0.2, -0.15) is 0 Å². The maximum Gasteiger partial charge on any atom is 0.296 e. The number of fused-ring (bicyclic) bond motifs is 2. The Morgan fingerprint density at radius 3 is 2.56 bits per heavy atom. The second-order valence-electron chi connectivity index (χ2n) is 7.72. The molecule has 2 N–H and O–H groups in total. The van der Waals surface area contributed by atoms with E-state index in [0.717, 1.165) is 15.6 Å². The van der Waals surface area contributed by atoms with Crippen LogP contribution in [0, 0.1) is 6.92 Å². The number of rotatable bonds is 3. The van der Waals surface area contributed by atoms with E-state index in [1.54, 1.807) is 18.2 Å². The van der Waals surface area contributed by atoms with Gasteiger partial charge in [0.05, 0.1) is 27.3 Å². The third kappa shape index (κ3) is 4.18. The summed E-state index contributed by atoms with van der Waals surface area (Å²) in [5.74, 6) is -0.833. The molecule has 0 aliphatic heterocycles. The minimum atomic E-state index is -0.571. The van der Waals surface area contributed by atoms with E-state index in [9.17, 15) is 9.90 Å². The standard InChI is InChI=1S/C25H15BrCl2N4O2/c1-12-2-7-20-16(8-12)17(11-21(29-20)13-3-5-14(26)6-4-13)24(33)32-31-23-18-9-15(27)10-19(28)22(18)30-25(23)34/h2-11,30,34H,1H3. The normalized spacial score (nSPS) is 11.6. The fourth-order valence-corrected chi connectivity index (χ4v) is 4.53. The number of nitrogens with zero attached hydrogens (tertiary/aromatic N) is 3. The van der Waals surface area contributed by atoms with E-state index in [0.29, 0.717) is 43.1 Å². The van der Waals surface area contributed by atoms with Gasteiger partial charge in [-0.1, -0.05) is 62.9 Å². The van der Waals surface area contributed by atoms with Crippen molar-refractivity contribution in [2.45, 2.75) is 6.92 Å². The second-order valence-corrected chi connectivity index (χ2v) is 9.48. The van der Waals surface area contributed by atoms with E-state index in [1.807, 2.05) is 49.4 Å². The molecular weight excluding hydrogens is 539 g/mol. The first-order valence-corrected chi connectivity index (χ1v) is 11.7. The lowest BCUT2D eigenvalue weighted by Gasteiger charge is -2.08. The number of pyridine rings is 1. The molecule has 0 atom stereocenters. The molecule has 5 rings (SSSR count). The number of carbonyl (C=O) groups excluding carboxylic acids is 1. The van der Waals surface area contributed by atoms with Gasteiger partial charge >= 0.3 is 0 Å². The van der Waals surface area contributed by atoms with Gasteiger partial charge in [-0.15, -0.1) is 10.2 Å². The Kier molecular flexibility index (Phi) is 5.85. The molecule has 0 saturated carbocycles. The van der Waals surface area contributed by atoms with Crippen molar-refractivity contribution >= 4 is 72.5 Å². The largest absolute Gasteiger partial charge is 0.493 e. The predicted octanol–water partition coefficient (Wildman–Crippen LogP) is 8.39. The smallest absolute Gasteiger partial charge is 0.296 e. The van der Waals surface area contributed by atoms with Crippen LogP contribution in [-0.4, -0.2) is 21.0 Å². The van der Waals surface area contributed by atoms with E-state index >= 15 is 0 Å². The summed E-state index contributed by atoms with van der Waals surface area (Å²) in [4.78, 5) is 20.7. The van der Waals surface area contributed by atoms with Gasteiger partial charge in [0.1, 0.15) is 0 Å². The third-order valence-electron chi connectivity index (χ3n) is 5.35. The number of aryl methyl sites for hydroxylation is 1. The Hall–Kier alpha value is -3.26. The molecule has 6 nitrogen and oxygen atoms in total. The van der Waals surface area contributed by atoms with Crippen molar-refractivity contribution in [3.8, 4) is 17.1 Å². The van der Waals surface area contributed by atoms with Crippen LogP contribution in [0.1, 0.15) is 15.9 Å². The first kappa shape index (κ1) is 22.5. The zero-order valence-corrected chi connectivity index (χ0v) is 20.7. The molecule has 34 heavy (non-hydrogen) atoms. The number of amides is 1. The number of aromatic hydroxyl groups is 1. The van der Waals surface area contributed by atoms with Crippen molar-refractivity contribution < 1.29 is 9.90 Å². The highest BCUT2D eigenvalue weighted by Gasteiger charge is 2.17. The van der Waals surface area contributed by atoms with Crippen molar-refractivity contribution in [3.63, 3.8) is 0 Å². The second kappa shape index (κ2) is 8.83. The molecule has 0 aliphatic rings. The van der Waals surface area contributed by atoms with Crippen LogP contribution in [0.15, 0.2) is 75.4 Å². The molecule has 9 heteroatoms. The lowest BCUT2D eigenvalue weighted by molar-refractivity contribution is 0.0996. The summed E-state index contributed by atoms with van der Waals surface area (Å²) in [6, 6.07) is 18.2. The molecule has 2 heterocycles. The topological polar surface area (TPSA) is 90.7 Å². The van der Waals surface area contributed by atoms with Crippen LogP contribution in [0.25, 0.3) is 33.1 Å². The Labute approximate surface area is 212 Å². The van der Waals surface area contributed by atoms with E-state index in [-0.39, 0.29) is 11.6 Å². The zero-order valence-electron chi connectivity index (χ0n) is 17.6.